The van der Waals surface area contributed by atoms with Gasteiger partial charge in [0.25, 0.3) is 0 Å². The molecule has 0 aliphatic heterocycles. The Morgan fingerprint density at radius 3 is 2.33 bits per heavy atom. The molecule has 0 saturated heterocycles. The van der Waals surface area contributed by atoms with Gasteiger partial charge in [-0.05, 0) is 17.9 Å². The summed E-state index contributed by atoms with van der Waals surface area (Å²) in [6, 6.07) is 13.3. The Hall–Kier alpha value is -1.76. The molecule has 2 aromatic rings. The van der Waals surface area contributed by atoms with Gasteiger partial charge in [0.15, 0.2) is 0 Å². The summed E-state index contributed by atoms with van der Waals surface area (Å²) in [5.74, 6) is 0.350. The molecule has 0 spiro atoms. The number of allylic oxidation sites excluding steroid dienone is 1. The number of rotatable bonds is 1. The minimum atomic E-state index is 0.350. The second-order valence-electron chi connectivity index (χ2n) is 3.20. The number of phenolic OH excluding ortho intramolecular Hbond substituents is 1. The molecular weight excluding hydrogens is 184 g/mol. The van der Waals surface area contributed by atoms with E-state index in [1.165, 1.54) is 0 Å². The largest absolute Gasteiger partial charge is 0.507 e. The van der Waals surface area contributed by atoms with Crippen molar-refractivity contribution in [2.75, 3.05) is 0 Å². The predicted molar refractivity (Wildman–Crippen MR) is 66.1 cm³/mol. The lowest BCUT2D eigenvalue weighted by Gasteiger charge is -1.97. The van der Waals surface area contributed by atoms with Gasteiger partial charge in [0.2, 0.25) is 0 Å². The lowest BCUT2D eigenvalue weighted by atomic mass is 10.1. The van der Waals surface area contributed by atoms with Crippen molar-refractivity contribution in [3.8, 4) is 5.75 Å². The molecule has 15 heavy (non-hydrogen) atoms. The lowest BCUT2D eigenvalue weighted by Crippen LogP contribution is -1.70. The highest BCUT2D eigenvalue weighted by Gasteiger charge is 1.94. The van der Waals surface area contributed by atoms with Gasteiger partial charge in [-0.3, -0.25) is 0 Å². The minimum absolute atomic E-state index is 0.350. The molecule has 0 bridgehead atoms. The summed E-state index contributed by atoms with van der Waals surface area (Å²) >= 11 is 0. The highest BCUT2D eigenvalue weighted by Crippen LogP contribution is 2.22. The molecule has 0 unspecified atom stereocenters. The number of aromatic hydroxyl groups is 1. The number of hydrogen-bond donors (Lipinski definition) is 1. The van der Waals surface area contributed by atoms with Crippen LogP contribution in [0.5, 0.6) is 5.75 Å². The number of benzene rings is 2. The molecule has 0 aromatic heterocycles. The van der Waals surface area contributed by atoms with Crippen LogP contribution in [0.15, 0.2) is 55.1 Å². The second-order valence-corrected chi connectivity index (χ2v) is 3.20. The molecule has 0 atom stereocenters. The van der Waals surface area contributed by atoms with Crippen LogP contribution in [-0.2, 0) is 0 Å². The van der Waals surface area contributed by atoms with E-state index in [0.717, 1.165) is 17.2 Å². The van der Waals surface area contributed by atoms with Gasteiger partial charge in [-0.15, -0.1) is 6.58 Å². The van der Waals surface area contributed by atoms with Crippen molar-refractivity contribution >= 4 is 10.8 Å². The molecule has 0 aliphatic carbocycles. The maximum atomic E-state index is 9.37. The Morgan fingerprint density at radius 2 is 1.73 bits per heavy atom. The van der Waals surface area contributed by atoms with Gasteiger partial charge in [0.1, 0.15) is 5.75 Å². The summed E-state index contributed by atoms with van der Waals surface area (Å²) in [6.07, 6.45) is 2.96. The number of hydrogen-bond acceptors (Lipinski definition) is 1. The molecular formula is C14H16O. The van der Waals surface area contributed by atoms with Crippen LogP contribution in [-0.4, -0.2) is 5.11 Å². The van der Waals surface area contributed by atoms with E-state index in [1.54, 1.807) is 6.07 Å². The van der Waals surface area contributed by atoms with Crippen molar-refractivity contribution in [3.63, 3.8) is 0 Å². The molecule has 0 radical (unpaired) electrons. The van der Waals surface area contributed by atoms with Gasteiger partial charge in [0, 0.05) is 5.39 Å². The zero-order valence-corrected chi connectivity index (χ0v) is 8.98. The van der Waals surface area contributed by atoms with Crippen molar-refractivity contribution in [1.29, 1.82) is 0 Å². The third-order valence-corrected chi connectivity index (χ3v) is 2.06. The Kier molecular flexibility index (Phi) is 4.42. The summed E-state index contributed by atoms with van der Waals surface area (Å²) < 4.78 is 0. The third kappa shape index (κ3) is 3.13. The van der Waals surface area contributed by atoms with Crippen LogP contribution in [0.4, 0.5) is 0 Å². The van der Waals surface area contributed by atoms with Crippen LogP contribution in [0.2, 0.25) is 0 Å². The van der Waals surface area contributed by atoms with Gasteiger partial charge in [0.05, 0.1) is 0 Å². The number of phenols is 1. The first-order chi connectivity index (χ1) is 7.29. The highest BCUT2D eigenvalue weighted by molar-refractivity contribution is 5.87. The topological polar surface area (TPSA) is 20.2 Å². The van der Waals surface area contributed by atoms with Crippen LogP contribution in [0, 0.1) is 0 Å². The molecule has 1 nitrogen and oxygen atoms in total. The van der Waals surface area contributed by atoms with Crippen molar-refractivity contribution in [2.45, 2.75) is 13.3 Å². The van der Waals surface area contributed by atoms with Gasteiger partial charge in [-0.1, -0.05) is 49.4 Å². The molecule has 2 rings (SSSR count). The zero-order valence-electron chi connectivity index (χ0n) is 8.98. The molecule has 1 heteroatoms. The van der Waals surface area contributed by atoms with Crippen LogP contribution in [0.1, 0.15) is 13.3 Å². The SMILES string of the molecule is C=CCC.Oc1cccc2ccccc12. The normalized spacial score (nSPS) is 9.13. The summed E-state index contributed by atoms with van der Waals surface area (Å²) in [6.45, 7) is 5.54. The second kappa shape index (κ2) is 5.86. The van der Waals surface area contributed by atoms with Crippen LogP contribution in [0.25, 0.3) is 10.8 Å². The van der Waals surface area contributed by atoms with E-state index >= 15 is 0 Å². The molecule has 0 saturated carbocycles. The average molecular weight is 200 g/mol. The Morgan fingerprint density at radius 1 is 1.13 bits per heavy atom. The van der Waals surface area contributed by atoms with Crippen LogP contribution >= 0.6 is 0 Å². The quantitative estimate of drug-likeness (QED) is 0.686. The number of fused-ring (bicyclic) bond motifs is 1. The van der Waals surface area contributed by atoms with E-state index < -0.39 is 0 Å². The maximum absolute atomic E-state index is 9.37. The maximum Gasteiger partial charge on any atom is 0.123 e. The van der Waals surface area contributed by atoms with Gasteiger partial charge >= 0.3 is 0 Å². The van der Waals surface area contributed by atoms with Gasteiger partial charge < -0.3 is 5.11 Å². The minimum Gasteiger partial charge on any atom is -0.507 e. The first-order valence-electron chi connectivity index (χ1n) is 5.07. The average Bonchev–Trinajstić information content (AvgIpc) is 2.30. The van der Waals surface area contributed by atoms with Gasteiger partial charge in [-0.2, -0.15) is 0 Å². The molecule has 2 aromatic carbocycles. The Labute approximate surface area is 90.7 Å². The molecule has 0 amide bonds. The van der Waals surface area contributed by atoms with Crippen molar-refractivity contribution in [3.05, 3.63) is 55.1 Å². The van der Waals surface area contributed by atoms with E-state index in [9.17, 15) is 5.11 Å². The van der Waals surface area contributed by atoms with Crippen LogP contribution in [0.3, 0.4) is 0 Å². The van der Waals surface area contributed by atoms with Crippen LogP contribution < -0.4 is 0 Å². The summed E-state index contributed by atoms with van der Waals surface area (Å²) in [5, 5.41) is 11.4. The van der Waals surface area contributed by atoms with Crippen molar-refractivity contribution < 1.29 is 5.11 Å². The summed E-state index contributed by atoms with van der Waals surface area (Å²) in [7, 11) is 0. The monoisotopic (exact) mass is 200 g/mol. The summed E-state index contributed by atoms with van der Waals surface area (Å²) in [5.41, 5.74) is 0. The zero-order chi connectivity index (χ0) is 11.1. The van der Waals surface area contributed by atoms with E-state index in [1.807, 2.05) is 42.5 Å². The van der Waals surface area contributed by atoms with E-state index in [-0.39, 0.29) is 0 Å². The first-order valence-corrected chi connectivity index (χ1v) is 5.07. The fourth-order valence-electron chi connectivity index (χ4n) is 1.21. The smallest absolute Gasteiger partial charge is 0.123 e. The standard InChI is InChI=1S/C10H8O.C4H8/c11-10-7-3-5-8-4-1-2-6-9(8)10;1-3-4-2/h1-7,11H;3H,1,4H2,2H3. The lowest BCUT2D eigenvalue weighted by molar-refractivity contribution is 0.481. The molecule has 78 valence electrons. The van der Waals surface area contributed by atoms with Crippen molar-refractivity contribution in [2.24, 2.45) is 0 Å². The molecule has 0 heterocycles. The van der Waals surface area contributed by atoms with E-state index in [0.29, 0.717) is 5.75 Å². The molecule has 0 aliphatic rings. The molecule has 1 N–H and O–H groups in total. The van der Waals surface area contributed by atoms with Gasteiger partial charge in [-0.25, -0.2) is 0 Å². The summed E-state index contributed by atoms with van der Waals surface area (Å²) in [4.78, 5) is 0. The highest BCUT2D eigenvalue weighted by atomic mass is 16.3. The fraction of sp³-hybridized carbons (Fsp3) is 0.143. The van der Waals surface area contributed by atoms with E-state index in [4.69, 9.17) is 0 Å². The fourth-order valence-corrected chi connectivity index (χ4v) is 1.21. The third-order valence-electron chi connectivity index (χ3n) is 2.06. The predicted octanol–water partition coefficient (Wildman–Crippen LogP) is 4.13. The van der Waals surface area contributed by atoms with E-state index in [2.05, 4.69) is 13.5 Å². The first kappa shape index (κ1) is 11.3. The van der Waals surface area contributed by atoms with Crippen molar-refractivity contribution in [1.82, 2.24) is 0 Å². The Bertz CT molecular complexity index is 427. The molecule has 0 fully saturated rings. The Balaban J connectivity index is 0.000000245.